The molecule has 0 saturated heterocycles. The zero-order valence-electron chi connectivity index (χ0n) is 17.1. The number of aromatic nitrogens is 3. The van der Waals surface area contributed by atoms with E-state index < -0.39 is 0 Å². The predicted molar refractivity (Wildman–Crippen MR) is 112 cm³/mol. The van der Waals surface area contributed by atoms with Crippen molar-refractivity contribution in [2.75, 3.05) is 13.2 Å². The molecule has 1 amide bonds. The molecular weight excluding hydrogens is 380 g/mol. The monoisotopic (exact) mass is 406 g/mol. The van der Waals surface area contributed by atoms with Gasteiger partial charge in [0.15, 0.2) is 6.61 Å². The molecule has 2 heterocycles. The number of hydrogen-bond acceptors (Lipinski definition) is 6. The first-order valence-electron chi connectivity index (χ1n) is 10.4. The lowest BCUT2D eigenvalue weighted by molar-refractivity contribution is -0.123. The number of carbonyl (C=O) groups excluding carboxylic acids is 1. The Morgan fingerprint density at radius 2 is 1.90 bits per heavy atom. The van der Waals surface area contributed by atoms with Gasteiger partial charge in [-0.2, -0.15) is 0 Å². The molecule has 1 fully saturated rings. The van der Waals surface area contributed by atoms with Crippen LogP contribution in [0.15, 0.2) is 53.1 Å². The van der Waals surface area contributed by atoms with Gasteiger partial charge < -0.3 is 14.5 Å². The summed E-state index contributed by atoms with van der Waals surface area (Å²) in [6, 6.07) is 13.2. The molecule has 1 aliphatic carbocycles. The maximum absolute atomic E-state index is 12.0. The third-order valence-electron chi connectivity index (χ3n) is 5.50. The largest absolute Gasteiger partial charge is 0.484 e. The molecule has 2 aromatic heterocycles. The highest BCUT2D eigenvalue weighted by Crippen LogP contribution is 2.35. The van der Waals surface area contributed by atoms with Gasteiger partial charge in [-0.3, -0.25) is 9.78 Å². The van der Waals surface area contributed by atoms with Crippen molar-refractivity contribution >= 4 is 5.91 Å². The standard InChI is InChI=1S/C23H26N4O3/c1-16-7-10-19(14-24-16)23-27-26-22(30-23)18-11-8-17(9-12-18)13-25-21(28)15-29-20-5-3-2-4-6-20/h2-7,10,14,17-18H,8-9,11-13,15H2,1H3,(H,25,28). The van der Waals surface area contributed by atoms with Crippen LogP contribution in [-0.2, 0) is 4.79 Å². The Labute approximate surface area is 175 Å². The second-order valence-electron chi connectivity index (χ2n) is 7.76. The molecule has 30 heavy (non-hydrogen) atoms. The van der Waals surface area contributed by atoms with Crippen molar-refractivity contribution in [3.8, 4) is 17.2 Å². The summed E-state index contributed by atoms with van der Waals surface area (Å²) >= 11 is 0. The molecule has 0 spiro atoms. The molecule has 0 bridgehead atoms. The Hall–Kier alpha value is -3.22. The topological polar surface area (TPSA) is 90.1 Å². The summed E-state index contributed by atoms with van der Waals surface area (Å²) in [6.45, 7) is 2.66. The molecular formula is C23H26N4O3. The van der Waals surface area contributed by atoms with Crippen LogP contribution in [0.5, 0.6) is 5.75 Å². The first-order chi connectivity index (χ1) is 14.7. The number of hydrogen-bond donors (Lipinski definition) is 1. The third kappa shape index (κ3) is 5.23. The number of rotatable bonds is 7. The van der Waals surface area contributed by atoms with Gasteiger partial charge in [-0.1, -0.05) is 18.2 Å². The quantitative estimate of drug-likeness (QED) is 0.640. The van der Waals surface area contributed by atoms with Crippen molar-refractivity contribution in [3.63, 3.8) is 0 Å². The zero-order chi connectivity index (χ0) is 20.8. The summed E-state index contributed by atoms with van der Waals surface area (Å²) in [5, 5.41) is 11.4. The Morgan fingerprint density at radius 3 is 2.63 bits per heavy atom. The molecule has 0 atom stereocenters. The molecule has 7 heteroatoms. The van der Waals surface area contributed by atoms with E-state index in [1.807, 2.05) is 49.4 Å². The summed E-state index contributed by atoms with van der Waals surface area (Å²) in [6.07, 6.45) is 5.76. The van der Waals surface area contributed by atoms with Gasteiger partial charge in [-0.25, -0.2) is 0 Å². The predicted octanol–water partition coefficient (Wildman–Crippen LogP) is 3.91. The lowest BCUT2D eigenvalue weighted by Crippen LogP contribution is -2.34. The summed E-state index contributed by atoms with van der Waals surface area (Å²) < 4.78 is 11.4. The molecule has 1 aliphatic rings. The van der Waals surface area contributed by atoms with E-state index in [-0.39, 0.29) is 18.4 Å². The number of pyridine rings is 1. The Bertz CT molecular complexity index is 948. The minimum atomic E-state index is -0.0887. The van der Waals surface area contributed by atoms with Gasteiger partial charge in [-0.15, -0.1) is 10.2 Å². The molecule has 7 nitrogen and oxygen atoms in total. The minimum absolute atomic E-state index is 0.0397. The summed E-state index contributed by atoms with van der Waals surface area (Å²) in [4.78, 5) is 16.3. The molecule has 1 N–H and O–H groups in total. The molecule has 0 aliphatic heterocycles. The summed E-state index contributed by atoms with van der Waals surface area (Å²) in [5.74, 6) is 2.57. The molecule has 156 valence electrons. The van der Waals surface area contributed by atoms with E-state index in [1.54, 1.807) is 6.20 Å². The van der Waals surface area contributed by atoms with E-state index in [0.29, 0.717) is 30.0 Å². The smallest absolute Gasteiger partial charge is 0.257 e. The minimum Gasteiger partial charge on any atom is -0.484 e. The fourth-order valence-corrected chi connectivity index (χ4v) is 3.70. The van der Waals surface area contributed by atoms with E-state index in [4.69, 9.17) is 9.15 Å². The maximum atomic E-state index is 12.0. The fourth-order valence-electron chi connectivity index (χ4n) is 3.70. The lowest BCUT2D eigenvalue weighted by Gasteiger charge is -2.26. The van der Waals surface area contributed by atoms with Crippen molar-refractivity contribution in [1.29, 1.82) is 0 Å². The van der Waals surface area contributed by atoms with Crippen molar-refractivity contribution in [3.05, 3.63) is 60.2 Å². The van der Waals surface area contributed by atoms with Crippen molar-refractivity contribution in [2.24, 2.45) is 5.92 Å². The summed E-state index contributed by atoms with van der Waals surface area (Å²) in [5.41, 5.74) is 1.80. The third-order valence-corrected chi connectivity index (χ3v) is 5.50. The number of carbonyl (C=O) groups is 1. The highest BCUT2D eigenvalue weighted by molar-refractivity contribution is 5.77. The number of amides is 1. The molecule has 3 aromatic rings. The maximum Gasteiger partial charge on any atom is 0.257 e. The van der Waals surface area contributed by atoms with E-state index >= 15 is 0 Å². The van der Waals surface area contributed by atoms with Crippen LogP contribution in [-0.4, -0.2) is 34.2 Å². The van der Waals surface area contributed by atoms with Crippen molar-refractivity contribution < 1.29 is 13.9 Å². The van der Waals surface area contributed by atoms with Crippen LogP contribution in [0, 0.1) is 12.8 Å². The second-order valence-corrected chi connectivity index (χ2v) is 7.76. The first kappa shape index (κ1) is 20.1. The van der Waals surface area contributed by atoms with Gasteiger partial charge in [0.25, 0.3) is 5.91 Å². The lowest BCUT2D eigenvalue weighted by atomic mass is 9.82. The number of aryl methyl sites for hydroxylation is 1. The van der Waals surface area contributed by atoms with Crippen LogP contribution in [0.1, 0.15) is 43.2 Å². The fraction of sp³-hybridized carbons (Fsp3) is 0.391. The molecule has 1 saturated carbocycles. The normalized spacial score (nSPS) is 18.7. The number of nitrogens with zero attached hydrogens (tertiary/aromatic N) is 3. The molecule has 1 aromatic carbocycles. The average Bonchev–Trinajstić information content (AvgIpc) is 3.28. The van der Waals surface area contributed by atoms with Gasteiger partial charge in [0.1, 0.15) is 5.75 Å². The van der Waals surface area contributed by atoms with Gasteiger partial charge >= 0.3 is 0 Å². The number of ether oxygens (including phenoxy) is 1. The van der Waals surface area contributed by atoms with E-state index in [1.165, 1.54) is 0 Å². The van der Waals surface area contributed by atoms with Gasteiger partial charge in [-0.05, 0) is 62.8 Å². The second kappa shape index (κ2) is 9.52. The average molecular weight is 406 g/mol. The number of benzene rings is 1. The van der Waals surface area contributed by atoms with Crippen LogP contribution in [0.4, 0.5) is 0 Å². The van der Waals surface area contributed by atoms with E-state index in [2.05, 4.69) is 20.5 Å². The Kier molecular flexibility index (Phi) is 6.37. The number of nitrogens with one attached hydrogen (secondary N) is 1. The Morgan fingerprint density at radius 1 is 1.10 bits per heavy atom. The van der Waals surface area contributed by atoms with Crippen LogP contribution in [0.3, 0.4) is 0 Å². The molecule has 0 unspecified atom stereocenters. The van der Waals surface area contributed by atoms with Crippen molar-refractivity contribution in [2.45, 2.75) is 38.5 Å². The molecule has 0 radical (unpaired) electrons. The highest BCUT2D eigenvalue weighted by atomic mass is 16.5. The van der Waals surface area contributed by atoms with Gasteiger partial charge in [0.05, 0.1) is 5.56 Å². The van der Waals surface area contributed by atoms with Crippen LogP contribution in [0.25, 0.3) is 11.5 Å². The van der Waals surface area contributed by atoms with E-state index in [0.717, 1.165) is 36.9 Å². The van der Waals surface area contributed by atoms with Gasteiger partial charge in [0, 0.05) is 24.4 Å². The number of para-hydroxylation sites is 1. The van der Waals surface area contributed by atoms with Gasteiger partial charge in [0.2, 0.25) is 11.8 Å². The first-order valence-corrected chi connectivity index (χ1v) is 10.4. The van der Waals surface area contributed by atoms with Crippen LogP contribution < -0.4 is 10.1 Å². The highest BCUT2D eigenvalue weighted by Gasteiger charge is 2.26. The van der Waals surface area contributed by atoms with Crippen LogP contribution in [0.2, 0.25) is 0 Å². The van der Waals surface area contributed by atoms with Crippen LogP contribution >= 0.6 is 0 Å². The summed E-state index contributed by atoms with van der Waals surface area (Å²) in [7, 11) is 0. The SMILES string of the molecule is Cc1ccc(-c2nnc(C3CCC(CNC(=O)COc4ccccc4)CC3)o2)cn1. The zero-order valence-corrected chi connectivity index (χ0v) is 17.1. The Balaban J connectivity index is 1.20. The van der Waals surface area contributed by atoms with E-state index in [9.17, 15) is 4.79 Å². The van der Waals surface area contributed by atoms with Crippen molar-refractivity contribution in [1.82, 2.24) is 20.5 Å². The molecule has 4 rings (SSSR count).